The number of nitrogens with two attached hydrogens (primary N) is 1. The van der Waals surface area contributed by atoms with Crippen molar-refractivity contribution in [3.05, 3.63) is 63.7 Å². The van der Waals surface area contributed by atoms with Crippen molar-refractivity contribution in [1.82, 2.24) is 0 Å². The highest BCUT2D eigenvalue weighted by Crippen LogP contribution is 2.23. The second kappa shape index (κ2) is 5.53. The zero-order valence-corrected chi connectivity index (χ0v) is 10.5. The number of benzene rings is 2. The lowest BCUT2D eigenvalue weighted by Gasteiger charge is -2.08. The molecule has 0 aliphatic rings. The lowest BCUT2D eigenvalue weighted by atomic mass is 10.1. The molecule has 0 aromatic heterocycles. The first-order chi connectivity index (χ1) is 9.88. The monoisotopic (exact) mass is 293 g/mol. The summed E-state index contributed by atoms with van der Waals surface area (Å²) in [5.74, 6) is -2.41. The predicted octanol–water partition coefficient (Wildman–Crippen LogP) is 2.71. The first-order valence-electron chi connectivity index (χ1n) is 5.69. The summed E-state index contributed by atoms with van der Waals surface area (Å²) in [6.45, 7) is 0. The molecule has 0 aliphatic carbocycles. The fourth-order valence-corrected chi connectivity index (χ4v) is 1.64. The van der Waals surface area contributed by atoms with Crippen molar-refractivity contribution in [3.63, 3.8) is 0 Å². The second-order valence-electron chi connectivity index (χ2n) is 4.11. The van der Waals surface area contributed by atoms with Crippen LogP contribution in [0.3, 0.4) is 0 Å². The van der Waals surface area contributed by atoms with Crippen LogP contribution in [0.4, 0.5) is 25.8 Å². The van der Waals surface area contributed by atoms with Crippen molar-refractivity contribution in [1.29, 1.82) is 0 Å². The Morgan fingerprint density at radius 1 is 1.19 bits per heavy atom. The number of rotatable bonds is 3. The summed E-state index contributed by atoms with van der Waals surface area (Å²) >= 11 is 0. The number of halogens is 2. The topological polar surface area (TPSA) is 98.3 Å². The van der Waals surface area contributed by atoms with E-state index in [0.29, 0.717) is 0 Å². The highest BCUT2D eigenvalue weighted by Gasteiger charge is 2.16. The maximum atomic E-state index is 13.5. The molecule has 2 aromatic carbocycles. The standard InChI is InChI=1S/C13H9F2N3O3/c14-7-1-4-11(16)9(5-7)13(19)17-12-6-8(18(20)21)2-3-10(12)15/h1-6H,16H2,(H,17,19). The highest BCUT2D eigenvalue weighted by atomic mass is 19.1. The van der Waals surface area contributed by atoms with Gasteiger partial charge < -0.3 is 11.1 Å². The first-order valence-corrected chi connectivity index (χ1v) is 5.69. The van der Waals surface area contributed by atoms with E-state index in [9.17, 15) is 23.7 Å². The van der Waals surface area contributed by atoms with Crippen LogP contribution >= 0.6 is 0 Å². The van der Waals surface area contributed by atoms with Gasteiger partial charge in [0.25, 0.3) is 11.6 Å². The van der Waals surface area contributed by atoms with Gasteiger partial charge in [-0.3, -0.25) is 14.9 Å². The number of nitrogens with one attached hydrogen (secondary N) is 1. The number of carbonyl (C=O) groups excluding carboxylic acids is 1. The fraction of sp³-hybridized carbons (Fsp3) is 0. The molecule has 6 nitrogen and oxygen atoms in total. The molecule has 0 saturated carbocycles. The zero-order valence-electron chi connectivity index (χ0n) is 10.5. The third kappa shape index (κ3) is 3.11. The number of nitrogen functional groups attached to an aromatic ring is 1. The molecule has 3 N–H and O–H groups in total. The Hall–Kier alpha value is -3.03. The smallest absolute Gasteiger partial charge is 0.271 e. The number of nitro groups is 1. The average Bonchev–Trinajstić information content (AvgIpc) is 2.43. The molecule has 0 fully saturated rings. The molecule has 0 radical (unpaired) electrons. The Bertz CT molecular complexity index is 735. The van der Waals surface area contributed by atoms with Crippen molar-refractivity contribution in [2.75, 3.05) is 11.1 Å². The quantitative estimate of drug-likeness (QED) is 0.516. The molecule has 2 rings (SSSR count). The molecule has 0 heterocycles. The summed E-state index contributed by atoms with van der Waals surface area (Å²) < 4.78 is 26.6. The van der Waals surface area contributed by atoms with Crippen molar-refractivity contribution in [3.8, 4) is 0 Å². The van der Waals surface area contributed by atoms with Gasteiger partial charge in [0.1, 0.15) is 11.6 Å². The van der Waals surface area contributed by atoms with Gasteiger partial charge in [0.05, 0.1) is 16.2 Å². The van der Waals surface area contributed by atoms with Gasteiger partial charge >= 0.3 is 0 Å². The Labute approximate surface area is 117 Å². The molecule has 8 heteroatoms. The number of nitrogens with zero attached hydrogens (tertiary/aromatic N) is 1. The molecule has 0 unspecified atom stereocenters. The zero-order chi connectivity index (χ0) is 15.6. The lowest BCUT2D eigenvalue weighted by Crippen LogP contribution is -2.15. The molecule has 0 bridgehead atoms. The van der Waals surface area contributed by atoms with Crippen LogP contribution in [-0.4, -0.2) is 10.8 Å². The van der Waals surface area contributed by atoms with E-state index in [2.05, 4.69) is 5.32 Å². The van der Waals surface area contributed by atoms with Gasteiger partial charge in [-0.25, -0.2) is 8.78 Å². The molecular formula is C13H9F2N3O3. The Kier molecular flexibility index (Phi) is 3.79. The fourth-order valence-electron chi connectivity index (χ4n) is 1.64. The summed E-state index contributed by atoms with van der Waals surface area (Å²) in [5.41, 5.74) is 4.56. The summed E-state index contributed by atoms with van der Waals surface area (Å²) in [5, 5.41) is 12.7. The largest absolute Gasteiger partial charge is 0.398 e. The number of amides is 1. The van der Waals surface area contributed by atoms with E-state index in [1.54, 1.807) is 0 Å². The van der Waals surface area contributed by atoms with Crippen molar-refractivity contribution >= 4 is 23.0 Å². The molecule has 1 amide bonds. The lowest BCUT2D eigenvalue weighted by molar-refractivity contribution is -0.384. The molecular weight excluding hydrogens is 284 g/mol. The molecule has 0 saturated heterocycles. The van der Waals surface area contributed by atoms with E-state index in [4.69, 9.17) is 5.73 Å². The van der Waals surface area contributed by atoms with Gasteiger partial charge in [-0.2, -0.15) is 0 Å². The maximum absolute atomic E-state index is 13.5. The van der Waals surface area contributed by atoms with Crippen molar-refractivity contribution in [2.45, 2.75) is 0 Å². The number of hydrogen-bond donors (Lipinski definition) is 2. The van der Waals surface area contributed by atoms with Gasteiger partial charge in [0.2, 0.25) is 0 Å². The number of nitro benzene ring substituents is 1. The molecule has 108 valence electrons. The summed E-state index contributed by atoms with van der Waals surface area (Å²) in [6.07, 6.45) is 0. The van der Waals surface area contributed by atoms with E-state index in [0.717, 1.165) is 30.3 Å². The van der Waals surface area contributed by atoms with E-state index in [-0.39, 0.29) is 16.9 Å². The highest BCUT2D eigenvalue weighted by molar-refractivity contribution is 6.07. The van der Waals surface area contributed by atoms with Gasteiger partial charge in [0, 0.05) is 17.8 Å². The minimum atomic E-state index is -0.869. The van der Waals surface area contributed by atoms with Gasteiger partial charge in [-0.05, 0) is 24.3 Å². The molecule has 2 aromatic rings. The first kappa shape index (κ1) is 14.4. The van der Waals surface area contributed by atoms with Crippen LogP contribution in [0.1, 0.15) is 10.4 Å². The van der Waals surface area contributed by atoms with Crippen LogP contribution in [0.15, 0.2) is 36.4 Å². The maximum Gasteiger partial charge on any atom is 0.271 e. The van der Waals surface area contributed by atoms with Gasteiger partial charge in [-0.15, -0.1) is 0 Å². The number of non-ortho nitro benzene ring substituents is 1. The van der Waals surface area contributed by atoms with Crippen LogP contribution in [0.25, 0.3) is 0 Å². The number of hydrogen-bond acceptors (Lipinski definition) is 4. The molecule has 21 heavy (non-hydrogen) atoms. The summed E-state index contributed by atoms with van der Waals surface area (Å²) in [6, 6.07) is 5.82. The van der Waals surface area contributed by atoms with E-state index in [1.807, 2.05) is 0 Å². The van der Waals surface area contributed by atoms with Crippen LogP contribution in [0, 0.1) is 21.7 Å². The minimum absolute atomic E-state index is 0.000242. The number of carbonyl (C=O) groups is 1. The second-order valence-corrected chi connectivity index (χ2v) is 4.11. The Morgan fingerprint density at radius 2 is 1.90 bits per heavy atom. The molecule has 0 spiro atoms. The van der Waals surface area contributed by atoms with E-state index < -0.39 is 28.2 Å². The average molecular weight is 293 g/mol. The summed E-state index contributed by atoms with van der Waals surface area (Å²) in [4.78, 5) is 21.8. The van der Waals surface area contributed by atoms with Gasteiger partial charge in [-0.1, -0.05) is 0 Å². The third-order valence-corrected chi connectivity index (χ3v) is 2.67. The minimum Gasteiger partial charge on any atom is -0.398 e. The van der Waals surface area contributed by atoms with Crippen LogP contribution < -0.4 is 11.1 Å². The van der Waals surface area contributed by atoms with Gasteiger partial charge in [0.15, 0.2) is 0 Å². The number of anilines is 2. The predicted molar refractivity (Wildman–Crippen MR) is 71.8 cm³/mol. The molecule has 0 aliphatic heterocycles. The van der Waals surface area contributed by atoms with E-state index in [1.165, 1.54) is 6.07 Å². The van der Waals surface area contributed by atoms with Crippen molar-refractivity contribution < 1.29 is 18.5 Å². The van der Waals surface area contributed by atoms with Crippen molar-refractivity contribution in [2.24, 2.45) is 0 Å². The summed E-state index contributed by atoms with van der Waals surface area (Å²) in [7, 11) is 0. The normalized spacial score (nSPS) is 10.2. The van der Waals surface area contributed by atoms with E-state index >= 15 is 0 Å². The molecule has 0 atom stereocenters. The third-order valence-electron chi connectivity index (χ3n) is 2.67. The van der Waals surface area contributed by atoms with Crippen LogP contribution in [0.5, 0.6) is 0 Å². The SMILES string of the molecule is Nc1ccc(F)cc1C(=O)Nc1cc([N+](=O)[O-])ccc1F. The van der Waals surface area contributed by atoms with Crippen LogP contribution in [-0.2, 0) is 0 Å². The van der Waals surface area contributed by atoms with Crippen LogP contribution in [0.2, 0.25) is 0 Å². The Balaban J connectivity index is 2.33. The Morgan fingerprint density at radius 3 is 2.57 bits per heavy atom.